The van der Waals surface area contributed by atoms with Crippen molar-refractivity contribution in [3.8, 4) is 0 Å². The van der Waals surface area contributed by atoms with Gasteiger partial charge in [0.2, 0.25) is 0 Å². The molecule has 4 rings (SSSR count). The van der Waals surface area contributed by atoms with Gasteiger partial charge in [0.05, 0.1) is 0 Å². The minimum atomic E-state index is 0. The lowest BCUT2D eigenvalue weighted by Crippen LogP contribution is -2.17. The van der Waals surface area contributed by atoms with Crippen molar-refractivity contribution in [1.29, 1.82) is 0 Å². The van der Waals surface area contributed by atoms with Gasteiger partial charge in [-0.15, -0.1) is 0 Å². The van der Waals surface area contributed by atoms with Gasteiger partial charge in [0.25, 0.3) is 0 Å². The molecule has 0 radical (unpaired) electrons. The van der Waals surface area contributed by atoms with Crippen LogP contribution in [-0.2, 0) is 0 Å². The van der Waals surface area contributed by atoms with Gasteiger partial charge in [-0.1, -0.05) is 12.1 Å². The molecule has 2 aliphatic rings. The van der Waals surface area contributed by atoms with Crippen LogP contribution in [0.4, 0.5) is 0 Å². The zero-order valence-corrected chi connectivity index (χ0v) is 15.8. The summed E-state index contributed by atoms with van der Waals surface area (Å²) in [6.07, 6.45) is 12.8. The van der Waals surface area contributed by atoms with E-state index in [4.69, 9.17) is 0 Å². The van der Waals surface area contributed by atoms with Crippen molar-refractivity contribution in [2.24, 2.45) is 0 Å². The monoisotopic (exact) mass is 360 g/mol. The van der Waals surface area contributed by atoms with Gasteiger partial charge in [-0.05, 0) is 76.1 Å². The van der Waals surface area contributed by atoms with Gasteiger partial charge >= 0.3 is 0 Å². The number of hydrogen-bond donors (Lipinski definition) is 0. The molecule has 0 aliphatic carbocycles. The van der Waals surface area contributed by atoms with Crippen LogP contribution >= 0.6 is 0 Å². The third-order valence-corrected chi connectivity index (χ3v) is 5.18. The molecule has 0 saturated carbocycles. The van der Waals surface area contributed by atoms with Crippen molar-refractivity contribution in [3.63, 3.8) is 0 Å². The summed E-state index contributed by atoms with van der Waals surface area (Å²) in [4.78, 5) is 13.1. The minimum Gasteiger partial charge on any atom is -0.412 e. The zero-order chi connectivity index (χ0) is 16.8. The summed E-state index contributed by atoms with van der Waals surface area (Å²) in [5.74, 6) is 0. The Balaban J connectivity index is 0.000000241. The van der Waals surface area contributed by atoms with E-state index in [1.807, 2.05) is 36.9 Å². The second kappa shape index (κ2) is 11.0. The van der Waals surface area contributed by atoms with Crippen LogP contribution in [0.5, 0.6) is 0 Å². The molecule has 2 aromatic heterocycles. The quantitative estimate of drug-likeness (QED) is 0.819. The first kappa shape index (κ1) is 22.2. The maximum Gasteiger partial charge on any atom is 0.0360 e. The number of aromatic nitrogens is 2. The summed E-state index contributed by atoms with van der Waals surface area (Å²) in [6.45, 7) is 2.44. The summed E-state index contributed by atoms with van der Waals surface area (Å²) in [5.41, 5.74) is 2.72. The highest BCUT2D eigenvalue weighted by Crippen LogP contribution is 2.30. The summed E-state index contributed by atoms with van der Waals surface area (Å²) in [7, 11) is 4.37. The molecule has 0 bridgehead atoms. The molecule has 6 heteroatoms. The summed E-state index contributed by atoms with van der Waals surface area (Å²) in [5, 5.41) is 0. The van der Waals surface area contributed by atoms with Gasteiger partial charge in [0.1, 0.15) is 0 Å². The second-order valence-corrected chi connectivity index (χ2v) is 6.85. The summed E-state index contributed by atoms with van der Waals surface area (Å²) in [6, 6.07) is 9.58. The van der Waals surface area contributed by atoms with Crippen molar-refractivity contribution < 1.29 is 11.0 Å². The number of hydrogen-bond acceptors (Lipinski definition) is 4. The molecule has 6 nitrogen and oxygen atoms in total. The molecule has 0 amide bonds. The van der Waals surface area contributed by atoms with Crippen molar-refractivity contribution in [2.75, 3.05) is 27.2 Å². The normalized spacial score (nSPS) is 22.7. The van der Waals surface area contributed by atoms with Crippen LogP contribution in [0.1, 0.15) is 48.9 Å². The first-order valence-corrected chi connectivity index (χ1v) is 8.96. The molecule has 0 aromatic carbocycles. The van der Waals surface area contributed by atoms with Gasteiger partial charge in [0, 0.05) is 36.9 Å². The van der Waals surface area contributed by atoms with Crippen molar-refractivity contribution >= 4 is 0 Å². The average molecular weight is 361 g/mol. The Bertz CT molecular complexity index is 556. The van der Waals surface area contributed by atoms with Gasteiger partial charge in [-0.25, -0.2) is 0 Å². The highest BCUT2D eigenvalue weighted by Gasteiger charge is 2.22. The van der Waals surface area contributed by atoms with Gasteiger partial charge in [-0.3, -0.25) is 19.8 Å². The number of pyridine rings is 2. The lowest BCUT2D eigenvalue weighted by molar-refractivity contribution is 0.317. The Kier molecular flexibility index (Phi) is 9.37. The molecule has 2 unspecified atom stereocenters. The molecule has 0 spiro atoms. The Labute approximate surface area is 156 Å². The fourth-order valence-corrected chi connectivity index (χ4v) is 3.81. The fraction of sp³-hybridized carbons (Fsp3) is 0.500. The molecule has 2 saturated heterocycles. The van der Waals surface area contributed by atoms with Gasteiger partial charge < -0.3 is 11.0 Å². The zero-order valence-electron chi connectivity index (χ0n) is 15.8. The molecule has 4 N–H and O–H groups in total. The smallest absolute Gasteiger partial charge is 0.0360 e. The Morgan fingerprint density at radius 2 is 1.19 bits per heavy atom. The first-order chi connectivity index (χ1) is 11.8. The topological polar surface area (TPSA) is 95.3 Å². The fourth-order valence-electron chi connectivity index (χ4n) is 3.81. The average Bonchev–Trinajstić information content (AvgIpc) is 3.25. The molecular weight excluding hydrogens is 328 g/mol. The van der Waals surface area contributed by atoms with Crippen LogP contribution in [0.25, 0.3) is 0 Å². The minimum absolute atomic E-state index is 0. The van der Waals surface area contributed by atoms with E-state index in [1.54, 1.807) is 0 Å². The van der Waals surface area contributed by atoms with E-state index in [1.165, 1.54) is 49.9 Å². The molecule has 144 valence electrons. The lowest BCUT2D eigenvalue weighted by atomic mass is 10.1. The Morgan fingerprint density at radius 3 is 1.46 bits per heavy atom. The largest absolute Gasteiger partial charge is 0.412 e. The van der Waals surface area contributed by atoms with Gasteiger partial charge in [-0.2, -0.15) is 0 Å². The van der Waals surface area contributed by atoms with Crippen molar-refractivity contribution in [2.45, 2.75) is 37.8 Å². The molecule has 2 atom stereocenters. The Hall–Kier alpha value is -1.86. The summed E-state index contributed by atoms with van der Waals surface area (Å²) >= 11 is 0. The van der Waals surface area contributed by atoms with E-state index in [0.29, 0.717) is 12.1 Å². The van der Waals surface area contributed by atoms with Crippen LogP contribution in [0, 0.1) is 0 Å². The standard InChI is InChI=1S/2C10H14N2.2H2O/c2*1-12-7-3-5-10(12)9-4-2-6-11-8-9;;/h2*2,4,6,8,10H,3,5,7H2,1H3;2*1H2. The van der Waals surface area contributed by atoms with E-state index in [-0.39, 0.29) is 11.0 Å². The van der Waals surface area contributed by atoms with Crippen LogP contribution < -0.4 is 0 Å². The first-order valence-electron chi connectivity index (χ1n) is 8.96. The predicted molar refractivity (Wildman–Crippen MR) is 105 cm³/mol. The SMILES string of the molecule is CN1CCCC1c1cccnc1.CN1CCCC1c1cccnc1.O.O. The Morgan fingerprint density at radius 1 is 0.769 bits per heavy atom. The third-order valence-electron chi connectivity index (χ3n) is 5.18. The van der Waals surface area contributed by atoms with Crippen LogP contribution in [0.15, 0.2) is 49.1 Å². The molecule has 26 heavy (non-hydrogen) atoms. The summed E-state index contributed by atoms with van der Waals surface area (Å²) < 4.78 is 0. The van der Waals surface area contributed by atoms with E-state index in [2.05, 4.69) is 46.0 Å². The maximum atomic E-state index is 4.14. The second-order valence-electron chi connectivity index (χ2n) is 6.85. The molecular formula is C20H32N4O2. The molecule has 2 aliphatic heterocycles. The van der Waals surface area contributed by atoms with E-state index in [0.717, 1.165) is 0 Å². The van der Waals surface area contributed by atoms with Gasteiger partial charge in [0.15, 0.2) is 0 Å². The maximum absolute atomic E-state index is 4.14. The lowest BCUT2D eigenvalue weighted by Gasteiger charge is -2.18. The molecule has 4 heterocycles. The van der Waals surface area contributed by atoms with E-state index in [9.17, 15) is 0 Å². The number of nitrogens with zero attached hydrogens (tertiary/aromatic N) is 4. The predicted octanol–water partition coefficient (Wildman–Crippen LogP) is 2.05. The van der Waals surface area contributed by atoms with E-state index >= 15 is 0 Å². The van der Waals surface area contributed by atoms with E-state index < -0.39 is 0 Å². The number of likely N-dealkylation sites (tertiary alicyclic amines) is 2. The van der Waals surface area contributed by atoms with Crippen LogP contribution in [0.2, 0.25) is 0 Å². The van der Waals surface area contributed by atoms with Crippen molar-refractivity contribution in [1.82, 2.24) is 19.8 Å². The molecule has 2 aromatic rings. The highest BCUT2D eigenvalue weighted by molar-refractivity contribution is 5.15. The van der Waals surface area contributed by atoms with Crippen molar-refractivity contribution in [3.05, 3.63) is 60.2 Å². The number of rotatable bonds is 2. The highest BCUT2D eigenvalue weighted by atomic mass is 16.0. The van der Waals surface area contributed by atoms with Crippen LogP contribution in [-0.4, -0.2) is 57.9 Å². The van der Waals surface area contributed by atoms with Crippen LogP contribution in [0.3, 0.4) is 0 Å². The molecule has 2 fully saturated rings. The third kappa shape index (κ3) is 5.57.